The fourth-order valence-electron chi connectivity index (χ4n) is 2.25. The first-order chi connectivity index (χ1) is 9.66. The van der Waals surface area contributed by atoms with Crippen LogP contribution in [0.15, 0.2) is 48.5 Å². The van der Waals surface area contributed by atoms with Crippen molar-refractivity contribution in [2.24, 2.45) is 7.05 Å². The van der Waals surface area contributed by atoms with Gasteiger partial charge in [0.25, 0.3) is 0 Å². The van der Waals surface area contributed by atoms with Gasteiger partial charge in [0.2, 0.25) is 0 Å². The van der Waals surface area contributed by atoms with Crippen LogP contribution in [0.1, 0.15) is 5.69 Å². The van der Waals surface area contributed by atoms with E-state index in [9.17, 15) is 9.50 Å². The summed E-state index contributed by atoms with van der Waals surface area (Å²) in [7, 11) is 1.87. The molecule has 0 fully saturated rings. The third-order valence-corrected chi connectivity index (χ3v) is 3.37. The Kier molecular flexibility index (Phi) is 3.06. The zero-order valence-corrected chi connectivity index (χ0v) is 11.0. The summed E-state index contributed by atoms with van der Waals surface area (Å²) in [6.07, 6.45) is 0. The fraction of sp³-hybridized carbons (Fsp3) is 0.125. The van der Waals surface area contributed by atoms with E-state index in [0.29, 0.717) is 11.1 Å². The summed E-state index contributed by atoms with van der Waals surface area (Å²) in [4.78, 5) is 0. The number of fused-ring (bicyclic) bond motifs is 1. The van der Waals surface area contributed by atoms with Gasteiger partial charge in [0.15, 0.2) is 11.5 Å². The zero-order valence-electron chi connectivity index (χ0n) is 11.0. The van der Waals surface area contributed by atoms with E-state index >= 15 is 0 Å². The van der Waals surface area contributed by atoms with Crippen LogP contribution in [0.25, 0.3) is 10.9 Å². The molecule has 0 unspecified atom stereocenters. The summed E-state index contributed by atoms with van der Waals surface area (Å²) in [6.45, 7) is 0.266. The molecule has 0 atom stereocenters. The van der Waals surface area contributed by atoms with Crippen molar-refractivity contribution in [3.05, 3.63) is 60.0 Å². The molecule has 3 rings (SSSR count). The van der Waals surface area contributed by atoms with Crippen molar-refractivity contribution in [1.29, 1.82) is 0 Å². The molecule has 102 valence electrons. The Bertz CT molecular complexity index is 764. The minimum atomic E-state index is -0.244. The number of aryl methyl sites for hydroxylation is 1. The molecule has 0 amide bonds. The van der Waals surface area contributed by atoms with Crippen LogP contribution in [-0.4, -0.2) is 9.67 Å². The molecule has 0 aliphatic rings. The lowest BCUT2D eigenvalue weighted by Gasteiger charge is -2.08. The van der Waals surface area contributed by atoms with Gasteiger partial charge in [-0.2, -0.15) is 0 Å². The molecular weight excluding hydrogens is 257 g/mol. The summed E-state index contributed by atoms with van der Waals surface area (Å²) in [5.41, 5.74) is 1.66. The van der Waals surface area contributed by atoms with Gasteiger partial charge in [-0.25, -0.2) is 4.39 Å². The van der Waals surface area contributed by atoms with Gasteiger partial charge in [0, 0.05) is 12.4 Å². The SMILES string of the molecule is Cn1c(COc2ccccc2O)cc2c(F)cccc21. The number of phenols is 1. The molecule has 0 spiro atoms. The average molecular weight is 271 g/mol. The van der Waals surface area contributed by atoms with Gasteiger partial charge in [-0.1, -0.05) is 18.2 Å². The molecule has 1 N–H and O–H groups in total. The minimum Gasteiger partial charge on any atom is -0.504 e. The monoisotopic (exact) mass is 271 g/mol. The quantitative estimate of drug-likeness (QED) is 0.789. The number of para-hydroxylation sites is 2. The second-order valence-corrected chi connectivity index (χ2v) is 4.62. The molecule has 0 saturated carbocycles. The molecule has 1 aromatic heterocycles. The van der Waals surface area contributed by atoms with Crippen molar-refractivity contribution < 1.29 is 14.2 Å². The number of halogens is 1. The van der Waals surface area contributed by atoms with E-state index in [1.165, 1.54) is 6.07 Å². The van der Waals surface area contributed by atoms with Crippen LogP contribution in [0.3, 0.4) is 0 Å². The molecule has 1 heterocycles. The molecular formula is C16H14FNO2. The maximum Gasteiger partial charge on any atom is 0.161 e. The van der Waals surface area contributed by atoms with E-state index in [4.69, 9.17) is 4.74 Å². The summed E-state index contributed by atoms with van der Waals surface area (Å²) in [6, 6.07) is 13.5. The van der Waals surface area contributed by atoms with E-state index in [1.807, 2.05) is 17.7 Å². The third kappa shape index (κ3) is 2.09. The summed E-state index contributed by atoms with van der Waals surface area (Å²) in [5, 5.41) is 10.2. The second kappa shape index (κ2) is 4.89. The summed E-state index contributed by atoms with van der Waals surface area (Å²) < 4.78 is 21.2. The normalized spacial score (nSPS) is 10.9. The Morgan fingerprint density at radius 2 is 1.95 bits per heavy atom. The fourth-order valence-corrected chi connectivity index (χ4v) is 2.25. The Balaban J connectivity index is 1.90. The average Bonchev–Trinajstić information content (AvgIpc) is 2.77. The van der Waals surface area contributed by atoms with Gasteiger partial charge in [-0.3, -0.25) is 0 Å². The van der Waals surface area contributed by atoms with Crippen LogP contribution in [0.4, 0.5) is 4.39 Å². The number of hydrogen-bond acceptors (Lipinski definition) is 2. The molecule has 3 nitrogen and oxygen atoms in total. The first-order valence-electron chi connectivity index (χ1n) is 6.30. The zero-order chi connectivity index (χ0) is 14.1. The van der Waals surface area contributed by atoms with Crippen LogP contribution in [0.5, 0.6) is 11.5 Å². The van der Waals surface area contributed by atoms with E-state index in [-0.39, 0.29) is 18.2 Å². The first kappa shape index (κ1) is 12.5. The van der Waals surface area contributed by atoms with E-state index in [1.54, 1.807) is 36.4 Å². The smallest absolute Gasteiger partial charge is 0.161 e. The van der Waals surface area contributed by atoms with Crippen LogP contribution >= 0.6 is 0 Å². The second-order valence-electron chi connectivity index (χ2n) is 4.62. The maximum absolute atomic E-state index is 13.7. The highest BCUT2D eigenvalue weighted by Crippen LogP contribution is 2.27. The Labute approximate surface area is 115 Å². The Hall–Kier alpha value is -2.49. The van der Waals surface area contributed by atoms with Gasteiger partial charge in [0.1, 0.15) is 12.4 Å². The van der Waals surface area contributed by atoms with Crippen LogP contribution in [0, 0.1) is 5.82 Å². The number of rotatable bonds is 3. The van der Waals surface area contributed by atoms with Crippen molar-refractivity contribution in [3.63, 3.8) is 0 Å². The molecule has 0 aliphatic carbocycles. The van der Waals surface area contributed by atoms with Crippen molar-refractivity contribution in [2.75, 3.05) is 0 Å². The van der Waals surface area contributed by atoms with E-state index in [2.05, 4.69) is 0 Å². The lowest BCUT2D eigenvalue weighted by molar-refractivity contribution is 0.282. The number of aromatic hydroxyl groups is 1. The number of benzene rings is 2. The van der Waals surface area contributed by atoms with Crippen molar-refractivity contribution >= 4 is 10.9 Å². The number of nitrogens with zero attached hydrogens (tertiary/aromatic N) is 1. The number of hydrogen-bond donors (Lipinski definition) is 1. The van der Waals surface area contributed by atoms with E-state index < -0.39 is 0 Å². The molecule has 3 aromatic rings. The molecule has 0 bridgehead atoms. The third-order valence-electron chi connectivity index (χ3n) is 3.37. The van der Waals surface area contributed by atoms with Crippen LogP contribution < -0.4 is 4.74 Å². The lowest BCUT2D eigenvalue weighted by atomic mass is 10.2. The lowest BCUT2D eigenvalue weighted by Crippen LogP contribution is -2.01. The predicted molar refractivity (Wildman–Crippen MR) is 75.3 cm³/mol. The highest BCUT2D eigenvalue weighted by atomic mass is 19.1. The van der Waals surface area contributed by atoms with E-state index in [0.717, 1.165) is 11.2 Å². The summed E-state index contributed by atoms with van der Waals surface area (Å²) in [5.74, 6) is 0.266. The van der Waals surface area contributed by atoms with Gasteiger partial charge >= 0.3 is 0 Å². The van der Waals surface area contributed by atoms with Crippen LogP contribution in [-0.2, 0) is 13.7 Å². The molecule has 20 heavy (non-hydrogen) atoms. The van der Waals surface area contributed by atoms with Crippen molar-refractivity contribution in [2.45, 2.75) is 6.61 Å². The van der Waals surface area contributed by atoms with Gasteiger partial charge in [-0.05, 0) is 30.3 Å². The van der Waals surface area contributed by atoms with Gasteiger partial charge in [-0.15, -0.1) is 0 Å². The molecule has 2 aromatic carbocycles. The highest BCUT2D eigenvalue weighted by molar-refractivity contribution is 5.81. The Morgan fingerprint density at radius 3 is 2.70 bits per heavy atom. The number of phenolic OH excluding ortho intramolecular Hbond substituents is 1. The number of aromatic nitrogens is 1. The Morgan fingerprint density at radius 1 is 1.15 bits per heavy atom. The van der Waals surface area contributed by atoms with Gasteiger partial charge in [0.05, 0.1) is 11.2 Å². The number of ether oxygens (including phenoxy) is 1. The van der Waals surface area contributed by atoms with Crippen molar-refractivity contribution in [3.8, 4) is 11.5 Å². The van der Waals surface area contributed by atoms with Gasteiger partial charge < -0.3 is 14.4 Å². The highest BCUT2D eigenvalue weighted by Gasteiger charge is 2.10. The molecule has 0 aliphatic heterocycles. The molecule has 0 saturated heterocycles. The largest absolute Gasteiger partial charge is 0.504 e. The summed E-state index contributed by atoms with van der Waals surface area (Å²) >= 11 is 0. The molecule has 4 heteroatoms. The minimum absolute atomic E-state index is 0.0949. The maximum atomic E-state index is 13.7. The topological polar surface area (TPSA) is 34.4 Å². The standard InChI is InChI=1S/C16H14FNO2/c1-18-11(9-12-13(17)5-4-6-14(12)18)10-20-16-8-3-2-7-15(16)19/h2-9,19H,10H2,1H3. The van der Waals surface area contributed by atoms with Crippen molar-refractivity contribution in [1.82, 2.24) is 4.57 Å². The predicted octanol–water partition coefficient (Wildman–Crippen LogP) is 3.60. The van der Waals surface area contributed by atoms with Crippen LogP contribution in [0.2, 0.25) is 0 Å². The molecule has 0 radical (unpaired) electrons. The first-order valence-corrected chi connectivity index (χ1v) is 6.30.